The van der Waals surface area contributed by atoms with Crippen LogP contribution in [0.4, 0.5) is 8.78 Å². The van der Waals surface area contributed by atoms with Crippen LogP contribution >= 0.6 is 0 Å². The number of rotatable bonds is 3. The molecule has 1 rings (SSSR count). The number of benzene rings is 1. The molecule has 0 aliphatic carbocycles. The predicted molar refractivity (Wildman–Crippen MR) is 55.4 cm³/mol. The maximum absolute atomic E-state index is 12.6. The molecule has 0 aliphatic rings. The smallest absolute Gasteiger partial charge is 0.335 e. The van der Waals surface area contributed by atoms with Gasteiger partial charge in [-0.3, -0.25) is 4.21 Å². The van der Waals surface area contributed by atoms with Gasteiger partial charge in [-0.05, 0) is 18.6 Å². The Bertz CT molecular complexity index is 458. The number of carbonyl (C=O) groups is 1. The lowest BCUT2D eigenvalue weighted by molar-refractivity contribution is 0.0695. The van der Waals surface area contributed by atoms with E-state index in [-0.39, 0.29) is 21.6 Å². The van der Waals surface area contributed by atoms with E-state index in [0.717, 1.165) is 12.1 Å². The number of hydrogen-bond acceptors (Lipinski definition) is 2. The summed E-state index contributed by atoms with van der Waals surface area (Å²) in [4.78, 5) is 10.7. The first-order chi connectivity index (χ1) is 7.36. The number of alkyl halides is 2. The van der Waals surface area contributed by atoms with E-state index in [2.05, 4.69) is 0 Å². The number of carboxylic acid groups (broad SMARTS) is 1. The van der Waals surface area contributed by atoms with Crippen LogP contribution in [0.1, 0.15) is 27.9 Å². The molecule has 0 bridgehead atoms. The SMILES string of the molecule is Cc1c(C(=O)O)ccc(C(F)F)c1[S@@](C)=O. The van der Waals surface area contributed by atoms with Crippen molar-refractivity contribution in [2.75, 3.05) is 6.26 Å². The Morgan fingerprint density at radius 1 is 1.44 bits per heavy atom. The van der Waals surface area contributed by atoms with Gasteiger partial charge >= 0.3 is 5.97 Å². The van der Waals surface area contributed by atoms with Crippen molar-refractivity contribution in [3.8, 4) is 0 Å². The van der Waals surface area contributed by atoms with Crippen LogP contribution in [0, 0.1) is 6.92 Å². The molecule has 0 heterocycles. The molecule has 1 atom stereocenters. The summed E-state index contributed by atoms with van der Waals surface area (Å²) in [6.45, 7) is 1.38. The van der Waals surface area contributed by atoms with Gasteiger partial charge < -0.3 is 5.11 Å². The minimum atomic E-state index is -2.76. The van der Waals surface area contributed by atoms with Crippen LogP contribution in [0.5, 0.6) is 0 Å². The van der Waals surface area contributed by atoms with E-state index >= 15 is 0 Å². The van der Waals surface area contributed by atoms with Crippen LogP contribution in [0.2, 0.25) is 0 Å². The molecule has 0 saturated carbocycles. The summed E-state index contributed by atoms with van der Waals surface area (Å²) in [5.74, 6) is -1.22. The Morgan fingerprint density at radius 3 is 2.38 bits per heavy atom. The molecule has 0 aromatic heterocycles. The highest BCUT2D eigenvalue weighted by Gasteiger charge is 2.21. The van der Waals surface area contributed by atoms with Crippen molar-refractivity contribution < 1.29 is 22.9 Å². The normalized spacial score (nSPS) is 12.8. The molecule has 16 heavy (non-hydrogen) atoms. The van der Waals surface area contributed by atoms with E-state index in [1.54, 1.807) is 0 Å². The number of halogens is 2. The first-order valence-electron chi connectivity index (χ1n) is 4.34. The van der Waals surface area contributed by atoms with Gasteiger partial charge in [0.25, 0.3) is 6.43 Å². The maximum atomic E-state index is 12.6. The molecule has 1 aromatic carbocycles. The first kappa shape index (κ1) is 12.8. The molecule has 0 amide bonds. The zero-order chi connectivity index (χ0) is 12.5. The topological polar surface area (TPSA) is 54.4 Å². The Balaban J connectivity index is 3.54. The maximum Gasteiger partial charge on any atom is 0.335 e. The van der Waals surface area contributed by atoms with Crippen molar-refractivity contribution in [2.45, 2.75) is 18.2 Å². The quantitative estimate of drug-likeness (QED) is 0.893. The molecule has 0 saturated heterocycles. The van der Waals surface area contributed by atoms with E-state index in [1.807, 2.05) is 0 Å². The number of hydrogen-bond donors (Lipinski definition) is 1. The molecule has 6 heteroatoms. The second-order valence-corrected chi connectivity index (χ2v) is 4.53. The molecule has 0 fully saturated rings. The van der Waals surface area contributed by atoms with Crippen LogP contribution in [0.25, 0.3) is 0 Å². The van der Waals surface area contributed by atoms with Crippen molar-refractivity contribution in [1.29, 1.82) is 0 Å². The molecule has 0 spiro atoms. The van der Waals surface area contributed by atoms with Crippen LogP contribution in [0.3, 0.4) is 0 Å². The fourth-order valence-corrected chi connectivity index (χ4v) is 2.53. The molecule has 88 valence electrons. The van der Waals surface area contributed by atoms with Crippen LogP contribution in [0.15, 0.2) is 17.0 Å². The predicted octanol–water partition coefficient (Wildman–Crippen LogP) is 2.37. The number of aromatic carboxylic acids is 1. The fourth-order valence-electron chi connectivity index (χ4n) is 1.50. The average molecular weight is 248 g/mol. The van der Waals surface area contributed by atoms with Crippen LogP contribution < -0.4 is 0 Å². The van der Waals surface area contributed by atoms with E-state index in [1.165, 1.54) is 13.2 Å². The third-order valence-corrected chi connectivity index (χ3v) is 3.31. The highest BCUT2D eigenvalue weighted by molar-refractivity contribution is 7.84. The van der Waals surface area contributed by atoms with Crippen molar-refractivity contribution in [3.05, 3.63) is 28.8 Å². The zero-order valence-corrected chi connectivity index (χ0v) is 9.48. The van der Waals surface area contributed by atoms with Crippen molar-refractivity contribution in [2.24, 2.45) is 0 Å². The highest BCUT2D eigenvalue weighted by atomic mass is 32.2. The van der Waals surface area contributed by atoms with E-state index in [4.69, 9.17) is 5.11 Å². The lowest BCUT2D eigenvalue weighted by atomic mass is 10.1. The number of carboxylic acids is 1. The largest absolute Gasteiger partial charge is 0.478 e. The summed E-state index contributed by atoms with van der Waals surface area (Å²) >= 11 is 0. The average Bonchev–Trinajstić information content (AvgIpc) is 2.15. The molecule has 0 aliphatic heterocycles. The third-order valence-electron chi connectivity index (χ3n) is 2.19. The molecular weight excluding hydrogens is 238 g/mol. The van der Waals surface area contributed by atoms with Gasteiger partial charge in [0.05, 0.1) is 21.3 Å². The Kier molecular flexibility index (Phi) is 3.74. The Morgan fingerprint density at radius 2 is 2.00 bits per heavy atom. The second kappa shape index (κ2) is 4.69. The summed E-state index contributed by atoms with van der Waals surface area (Å²) in [5.41, 5.74) is -0.343. The van der Waals surface area contributed by atoms with Gasteiger partial charge in [0.1, 0.15) is 0 Å². The molecular formula is C10H10F2O3S. The summed E-state index contributed by atoms with van der Waals surface area (Å²) < 4.78 is 36.6. The molecule has 0 radical (unpaired) electrons. The molecule has 3 nitrogen and oxygen atoms in total. The lowest BCUT2D eigenvalue weighted by Gasteiger charge is -2.11. The molecule has 0 unspecified atom stereocenters. The summed E-state index contributed by atoms with van der Waals surface area (Å²) in [6.07, 6.45) is -1.51. The molecule has 1 N–H and O–H groups in total. The van der Waals surface area contributed by atoms with Crippen LogP contribution in [-0.4, -0.2) is 21.5 Å². The van der Waals surface area contributed by atoms with Gasteiger partial charge in [-0.2, -0.15) is 0 Å². The highest BCUT2D eigenvalue weighted by Crippen LogP contribution is 2.29. The molecule has 1 aromatic rings. The van der Waals surface area contributed by atoms with Gasteiger partial charge in [-0.1, -0.05) is 6.07 Å². The monoisotopic (exact) mass is 248 g/mol. The van der Waals surface area contributed by atoms with Crippen molar-refractivity contribution >= 4 is 16.8 Å². The van der Waals surface area contributed by atoms with E-state index in [0.29, 0.717) is 0 Å². The minimum Gasteiger partial charge on any atom is -0.478 e. The third kappa shape index (κ3) is 2.27. The fraction of sp³-hybridized carbons (Fsp3) is 0.300. The first-order valence-corrected chi connectivity index (χ1v) is 5.90. The zero-order valence-electron chi connectivity index (χ0n) is 8.66. The summed E-state index contributed by atoms with van der Waals surface area (Å²) in [5, 5.41) is 8.81. The van der Waals surface area contributed by atoms with Gasteiger partial charge in [0.15, 0.2) is 0 Å². The van der Waals surface area contributed by atoms with Gasteiger partial charge in [-0.15, -0.1) is 0 Å². The van der Waals surface area contributed by atoms with Crippen LogP contribution in [-0.2, 0) is 10.8 Å². The van der Waals surface area contributed by atoms with Gasteiger partial charge in [0, 0.05) is 11.8 Å². The Labute approximate surface area is 93.6 Å². The van der Waals surface area contributed by atoms with E-state index in [9.17, 15) is 17.8 Å². The lowest BCUT2D eigenvalue weighted by Crippen LogP contribution is -2.07. The van der Waals surface area contributed by atoms with Gasteiger partial charge in [-0.25, -0.2) is 13.6 Å². The summed E-state index contributed by atoms with van der Waals surface area (Å²) in [6, 6.07) is 2.12. The van der Waals surface area contributed by atoms with Gasteiger partial charge in [0.2, 0.25) is 0 Å². The van der Waals surface area contributed by atoms with Crippen molar-refractivity contribution in [3.63, 3.8) is 0 Å². The standard InChI is InChI=1S/C10H10F2O3S/c1-5-6(10(13)14)3-4-7(9(11)12)8(5)16(2)15/h3-4,9H,1-2H3,(H,13,14)/t16-/m1/s1. The Hall–Kier alpha value is -1.30. The summed E-state index contributed by atoms with van der Waals surface area (Å²) in [7, 11) is -1.64. The second-order valence-electron chi connectivity index (χ2n) is 3.22. The minimum absolute atomic E-state index is 0.0881. The van der Waals surface area contributed by atoms with E-state index < -0.39 is 23.2 Å². The van der Waals surface area contributed by atoms with Crippen molar-refractivity contribution in [1.82, 2.24) is 0 Å².